The number of aromatic nitrogens is 4. The van der Waals surface area contributed by atoms with Gasteiger partial charge >= 0.3 is 6.09 Å². The highest BCUT2D eigenvalue weighted by Crippen LogP contribution is 2.37. The lowest BCUT2D eigenvalue weighted by molar-refractivity contribution is -0.122. The molecule has 1 saturated carbocycles. The van der Waals surface area contributed by atoms with Crippen molar-refractivity contribution in [1.82, 2.24) is 24.4 Å². The van der Waals surface area contributed by atoms with Gasteiger partial charge in [0.05, 0.1) is 6.20 Å². The number of benzene rings is 1. The summed E-state index contributed by atoms with van der Waals surface area (Å²) in [5.74, 6) is -1.56. The summed E-state index contributed by atoms with van der Waals surface area (Å²) < 4.78 is 30.7. The van der Waals surface area contributed by atoms with Crippen molar-refractivity contribution >= 4 is 40.7 Å². The molecule has 5 rings (SSSR count). The van der Waals surface area contributed by atoms with Crippen LogP contribution in [0.5, 0.6) is 0 Å². The van der Waals surface area contributed by atoms with E-state index in [1.807, 2.05) is 0 Å². The molecule has 5 N–H and O–H groups in total. The molecule has 1 aliphatic carbocycles. The molecular formula is C24H28F2N8O3. The van der Waals surface area contributed by atoms with Gasteiger partial charge in [0.25, 0.3) is 0 Å². The number of likely N-dealkylation sites (tertiary alicyclic amines) is 1. The van der Waals surface area contributed by atoms with E-state index in [1.54, 1.807) is 4.57 Å². The van der Waals surface area contributed by atoms with Crippen LogP contribution in [0.1, 0.15) is 44.6 Å². The molecule has 37 heavy (non-hydrogen) atoms. The van der Waals surface area contributed by atoms with Gasteiger partial charge in [0, 0.05) is 31.1 Å². The Bertz CT molecular complexity index is 1300. The number of hydrogen-bond donors (Lipinski definition) is 4. The van der Waals surface area contributed by atoms with Gasteiger partial charge in [-0.25, -0.2) is 23.5 Å². The first-order chi connectivity index (χ1) is 17.8. The molecule has 1 aliphatic heterocycles. The summed E-state index contributed by atoms with van der Waals surface area (Å²) in [6.07, 6.45) is 4.41. The normalized spacial score (nSPS) is 22.1. The van der Waals surface area contributed by atoms with Gasteiger partial charge in [0.2, 0.25) is 17.8 Å². The number of carbonyl (C=O) groups is 2. The Morgan fingerprint density at radius 3 is 2.49 bits per heavy atom. The molecule has 0 bridgehead atoms. The number of nitrogens with two attached hydrogens (primary N) is 1. The molecule has 1 atom stereocenters. The van der Waals surface area contributed by atoms with Crippen molar-refractivity contribution < 1.29 is 23.5 Å². The number of nitrogens with zero attached hydrogens (tertiary/aromatic N) is 5. The zero-order valence-corrected chi connectivity index (χ0v) is 20.0. The van der Waals surface area contributed by atoms with E-state index in [4.69, 9.17) is 5.73 Å². The van der Waals surface area contributed by atoms with Crippen molar-refractivity contribution in [2.24, 2.45) is 11.7 Å². The number of carbonyl (C=O) groups excluding carboxylic acids is 1. The van der Waals surface area contributed by atoms with Crippen LogP contribution in [0.2, 0.25) is 0 Å². The average molecular weight is 515 g/mol. The first kappa shape index (κ1) is 24.7. The first-order valence-electron chi connectivity index (χ1n) is 12.3. The molecular weight excluding hydrogens is 486 g/mol. The molecule has 1 unspecified atom stereocenters. The molecule has 0 radical (unpaired) electrons. The van der Waals surface area contributed by atoms with Crippen molar-refractivity contribution in [2.45, 2.75) is 50.6 Å². The molecule has 2 fully saturated rings. The van der Waals surface area contributed by atoms with E-state index in [-0.39, 0.29) is 35.5 Å². The maximum absolute atomic E-state index is 14.4. The van der Waals surface area contributed by atoms with Crippen LogP contribution in [0, 0.1) is 17.6 Å². The topological polar surface area (TPSA) is 151 Å². The summed E-state index contributed by atoms with van der Waals surface area (Å²) in [5, 5.41) is 15.3. The van der Waals surface area contributed by atoms with E-state index in [2.05, 4.69) is 25.6 Å². The van der Waals surface area contributed by atoms with Crippen molar-refractivity contribution in [1.29, 1.82) is 0 Å². The number of halogens is 2. The Hall–Kier alpha value is -4.03. The smallest absolute Gasteiger partial charge is 0.407 e. The van der Waals surface area contributed by atoms with Gasteiger partial charge < -0.3 is 26.4 Å². The molecule has 2 aromatic heterocycles. The number of hydrogen-bond acceptors (Lipinski definition) is 7. The van der Waals surface area contributed by atoms with Crippen LogP contribution in [0.15, 0.2) is 24.4 Å². The van der Waals surface area contributed by atoms with E-state index in [0.29, 0.717) is 55.9 Å². The predicted molar refractivity (Wildman–Crippen MR) is 131 cm³/mol. The third-order valence-corrected chi connectivity index (χ3v) is 7.12. The van der Waals surface area contributed by atoms with Crippen LogP contribution in [0.3, 0.4) is 0 Å². The zero-order valence-electron chi connectivity index (χ0n) is 20.0. The fourth-order valence-corrected chi connectivity index (χ4v) is 5.19. The molecule has 3 heterocycles. The third kappa shape index (κ3) is 5.11. The molecule has 2 aliphatic rings. The summed E-state index contributed by atoms with van der Waals surface area (Å²) >= 11 is 0. The number of amides is 2. The van der Waals surface area contributed by atoms with Gasteiger partial charge in [-0.05, 0) is 50.7 Å². The maximum atomic E-state index is 14.4. The fraction of sp³-hybridized carbons (Fsp3) is 0.458. The summed E-state index contributed by atoms with van der Waals surface area (Å²) in [6.45, 7) is 0.794. The van der Waals surface area contributed by atoms with Crippen LogP contribution in [-0.2, 0) is 4.79 Å². The molecule has 1 saturated heterocycles. The highest BCUT2D eigenvalue weighted by atomic mass is 19.1. The van der Waals surface area contributed by atoms with Crippen molar-refractivity contribution in [3.05, 3.63) is 36.0 Å². The number of anilines is 3. The maximum Gasteiger partial charge on any atom is 0.407 e. The highest BCUT2D eigenvalue weighted by Gasteiger charge is 2.30. The second-order valence-corrected chi connectivity index (χ2v) is 9.55. The first-order valence-corrected chi connectivity index (χ1v) is 12.3. The lowest BCUT2D eigenvalue weighted by Gasteiger charge is -2.31. The summed E-state index contributed by atoms with van der Waals surface area (Å²) in [5.41, 5.74) is 6.07. The second-order valence-electron chi connectivity index (χ2n) is 9.55. The quantitative estimate of drug-likeness (QED) is 0.389. The lowest BCUT2D eigenvalue weighted by Crippen LogP contribution is -2.44. The van der Waals surface area contributed by atoms with Crippen LogP contribution in [0.4, 0.5) is 31.2 Å². The second kappa shape index (κ2) is 10.1. The Morgan fingerprint density at radius 1 is 1.08 bits per heavy atom. The third-order valence-electron chi connectivity index (χ3n) is 7.12. The summed E-state index contributed by atoms with van der Waals surface area (Å²) in [4.78, 5) is 38.0. The van der Waals surface area contributed by atoms with Crippen LogP contribution < -0.4 is 16.4 Å². The number of piperidine rings is 1. The van der Waals surface area contributed by atoms with Crippen LogP contribution >= 0.6 is 0 Å². The molecule has 2 amide bonds. The minimum Gasteiger partial charge on any atom is -0.465 e. The van der Waals surface area contributed by atoms with E-state index >= 15 is 0 Å². The van der Waals surface area contributed by atoms with Crippen LogP contribution in [0.25, 0.3) is 11.2 Å². The molecule has 1 aromatic carbocycles. The number of nitrogens with one attached hydrogen (secondary N) is 2. The van der Waals surface area contributed by atoms with Crippen molar-refractivity contribution in [3.8, 4) is 0 Å². The van der Waals surface area contributed by atoms with Gasteiger partial charge in [0.15, 0.2) is 5.65 Å². The highest BCUT2D eigenvalue weighted by molar-refractivity contribution is 5.78. The van der Waals surface area contributed by atoms with Gasteiger partial charge in [-0.2, -0.15) is 4.98 Å². The minimum absolute atomic E-state index is 0.141. The Morgan fingerprint density at radius 2 is 1.81 bits per heavy atom. The SMILES string of the molecule is NC(=O)[C@H]1CC[C@H](n2c(Nc3c(F)cccc3F)nc3cnc(NC4CCCN(C(=O)O)C4)nc32)CC1. The van der Waals surface area contributed by atoms with E-state index in [9.17, 15) is 23.5 Å². The molecule has 3 aromatic rings. The fourth-order valence-electron chi connectivity index (χ4n) is 5.19. The number of carboxylic acid groups (broad SMARTS) is 1. The number of imidazole rings is 1. The van der Waals surface area contributed by atoms with Crippen molar-refractivity contribution in [3.63, 3.8) is 0 Å². The standard InChI is InChI=1S/C24H28F2N8O3/c25-16-4-1-5-17(26)19(16)31-23-30-18-11-28-22(29-14-3-2-10-33(12-14)24(36)37)32-21(18)34(23)15-8-6-13(7-9-15)20(27)35/h1,4-5,11,13-15H,2-3,6-10,12H2,(H2,27,35)(H,30,31)(H,36,37)(H,28,29,32)/t13-,14?,15-. The van der Waals surface area contributed by atoms with E-state index < -0.39 is 17.7 Å². The molecule has 13 heteroatoms. The van der Waals surface area contributed by atoms with Crippen LogP contribution in [-0.4, -0.2) is 60.7 Å². The monoisotopic (exact) mass is 514 g/mol. The average Bonchev–Trinajstić information content (AvgIpc) is 3.23. The Balaban J connectivity index is 1.49. The number of primary amides is 1. The Kier molecular flexibility index (Phi) is 6.76. The Labute approximate surface area is 211 Å². The number of para-hydroxylation sites is 1. The van der Waals surface area contributed by atoms with Gasteiger partial charge in [-0.1, -0.05) is 6.07 Å². The summed E-state index contributed by atoms with van der Waals surface area (Å²) in [7, 11) is 0. The molecule has 11 nitrogen and oxygen atoms in total. The van der Waals surface area contributed by atoms with E-state index in [1.165, 1.54) is 17.2 Å². The molecule has 196 valence electrons. The van der Waals surface area contributed by atoms with Gasteiger partial charge in [-0.15, -0.1) is 0 Å². The van der Waals surface area contributed by atoms with Gasteiger partial charge in [-0.3, -0.25) is 9.36 Å². The number of fused-ring (bicyclic) bond motifs is 1. The largest absolute Gasteiger partial charge is 0.465 e. The van der Waals surface area contributed by atoms with Gasteiger partial charge in [0.1, 0.15) is 22.8 Å². The predicted octanol–water partition coefficient (Wildman–Crippen LogP) is 3.62. The lowest BCUT2D eigenvalue weighted by atomic mass is 9.85. The minimum atomic E-state index is -0.969. The molecule has 0 spiro atoms. The van der Waals surface area contributed by atoms with Crippen molar-refractivity contribution in [2.75, 3.05) is 23.7 Å². The van der Waals surface area contributed by atoms with E-state index in [0.717, 1.165) is 25.0 Å². The number of rotatable bonds is 6. The summed E-state index contributed by atoms with van der Waals surface area (Å²) in [6, 6.07) is 3.29. The zero-order chi connectivity index (χ0) is 26.1.